The molecule has 0 unspecified atom stereocenters. The van der Waals surface area contributed by atoms with Crippen molar-refractivity contribution in [2.24, 2.45) is 0 Å². The van der Waals surface area contributed by atoms with Crippen molar-refractivity contribution in [3.63, 3.8) is 0 Å². The molecule has 0 fully saturated rings. The molecule has 0 saturated heterocycles. The lowest BCUT2D eigenvalue weighted by molar-refractivity contribution is 0.102. The largest absolute Gasteiger partial charge is 0.321 e. The van der Waals surface area contributed by atoms with Crippen molar-refractivity contribution in [3.8, 4) is 11.9 Å². The third-order valence-electron chi connectivity index (χ3n) is 3.02. The van der Waals surface area contributed by atoms with Crippen LogP contribution in [-0.4, -0.2) is 20.7 Å². The zero-order valence-corrected chi connectivity index (χ0v) is 11.5. The fourth-order valence-corrected chi connectivity index (χ4v) is 1.90. The van der Waals surface area contributed by atoms with Gasteiger partial charge in [0.1, 0.15) is 0 Å². The second-order valence-corrected chi connectivity index (χ2v) is 4.50. The summed E-state index contributed by atoms with van der Waals surface area (Å²) in [5.74, 6) is 0.416. The van der Waals surface area contributed by atoms with E-state index in [2.05, 4.69) is 15.4 Å². The number of benzene rings is 1. The molecule has 0 aliphatic heterocycles. The summed E-state index contributed by atoms with van der Waals surface area (Å²) >= 11 is 0. The summed E-state index contributed by atoms with van der Waals surface area (Å²) in [5, 5.41) is 15.6. The molecule has 2 aromatic heterocycles. The number of rotatable bonds is 3. The highest BCUT2D eigenvalue weighted by molar-refractivity contribution is 6.04. The van der Waals surface area contributed by atoms with Crippen LogP contribution in [-0.2, 0) is 0 Å². The zero-order chi connectivity index (χ0) is 15.4. The lowest BCUT2D eigenvalue weighted by Crippen LogP contribution is -2.12. The number of nitrogens with zero attached hydrogens (tertiary/aromatic N) is 4. The van der Waals surface area contributed by atoms with Gasteiger partial charge in [-0.25, -0.2) is 9.67 Å². The van der Waals surface area contributed by atoms with Gasteiger partial charge >= 0.3 is 0 Å². The highest BCUT2D eigenvalue weighted by Gasteiger charge is 2.06. The minimum atomic E-state index is -0.252. The van der Waals surface area contributed by atoms with E-state index in [1.807, 2.05) is 12.1 Å². The molecule has 0 aliphatic carbocycles. The summed E-state index contributed by atoms with van der Waals surface area (Å²) in [7, 11) is 0. The molecule has 22 heavy (non-hydrogen) atoms. The van der Waals surface area contributed by atoms with E-state index in [1.54, 1.807) is 59.7 Å². The molecule has 1 aromatic carbocycles. The number of hydrogen-bond acceptors (Lipinski definition) is 4. The van der Waals surface area contributed by atoms with E-state index in [4.69, 9.17) is 5.26 Å². The predicted molar refractivity (Wildman–Crippen MR) is 80.5 cm³/mol. The third kappa shape index (κ3) is 2.83. The number of amides is 1. The maximum absolute atomic E-state index is 12.1. The van der Waals surface area contributed by atoms with Gasteiger partial charge in [-0.1, -0.05) is 0 Å². The Labute approximate surface area is 126 Å². The van der Waals surface area contributed by atoms with Crippen molar-refractivity contribution in [2.45, 2.75) is 0 Å². The highest BCUT2D eigenvalue weighted by Crippen LogP contribution is 2.11. The first kappa shape index (κ1) is 13.5. The van der Waals surface area contributed by atoms with Crippen molar-refractivity contribution in [1.82, 2.24) is 14.8 Å². The number of anilines is 1. The number of aromatic nitrogens is 3. The molecule has 2 heterocycles. The Bertz CT molecular complexity index is 814. The third-order valence-corrected chi connectivity index (χ3v) is 3.02. The average molecular weight is 289 g/mol. The topological polar surface area (TPSA) is 83.6 Å². The minimum Gasteiger partial charge on any atom is -0.321 e. The van der Waals surface area contributed by atoms with Crippen molar-refractivity contribution in [2.75, 3.05) is 5.32 Å². The van der Waals surface area contributed by atoms with Crippen LogP contribution in [0.1, 0.15) is 15.9 Å². The molecule has 0 bridgehead atoms. The first-order valence-electron chi connectivity index (χ1n) is 6.54. The van der Waals surface area contributed by atoms with Gasteiger partial charge in [0.05, 0.1) is 23.5 Å². The zero-order valence-electron chi connectivity index (χ0n) is 11.5. The van der Waals surface area contributed by atoms with Gasteiger partial charge in [-0.05, 0) is 42.5 Å². The predicted octanol–water partition coefficient (Wildman–Crippen LogP) is 2.39. The maximum atomic E-state index is 12.1. The molecule has 0 radical (unpaired) electrons. The normalized spacial score (nSPS) is 9.95. The van der Waals surface area contributed by atoms with Crippen LogP contribution in [0.15, 0.2) is 61.1 Å². The Morgan fingerprint density at radius 1 is 1.18 bits per heavy atom. The Morgan fingerprint density at radius 3 is 2.59 bits per heavy atom. The van der Waals surface area contributed by atoms with Gasteiger partial charge in [-0.2, -0.15) is 10.4 Å². The molecule has 0 spiro atoms. The summed E-state index contributed by atoms with van der Waals surface area (Å²) in [5.41, 5.74) is 1.59. The number of carbonyl (C=O) groups is 1. The molecule has 0 saturated carbocycles. The van der Waals surface area contributed by atoms with Crippen molar-refractivity contribution in [1.29, 1.82) is 5.26 Å². The second kappa shape index (κ2) is 5.89. The van der Waals surface area contributed by atoms with Crippen LogP contribution in [0.25, 0.3) is 5.82 Å². The minimum absolute atomic E-state index is 0.252. The SMILES string of the molecule is N#Cc1ccc(C(=O)Nc2ccc(-n3cccn3)nc2)cc1. The number of hydrogen-bond donors (Lipinski definition) is 1. The fourth-order valence-electron chi connectivity index (χ4n) is 1.90. The standard InChI is InChI=1S/C16H11N5O/c17-10-12-2-4-13(5-3-12)16(22)20-14-6-7-15(18-11-14)21-9-1-8-19-21/h1-9,11H,(H,20,22). The molecule has 106 valence electrons. The summed E-state index contributed by atoms with van der Waals surface area (Å²) in [6.45, 7) is 0. The number of nitriles is 1. The first-order chi connectivity index (χ1) is 10.8. The van der Waals surface area contributed by atoms with Gasteiger partial charge in [-0.15, -0.1) is 0 Å². The number of carbonyl (C=O) groups excluding carboxylic acids is 1. The van der Waals surface area contributed by atoms with E-state index in [0.717, 1.165) is 0 Å². The molecule has 3 aromatic rings. The van der Waals surface area contributed by atoms with Crippen molar-refractivity contribution < 1.29 is 4.79 Å². The molecule has 6 heteroatoms. The van der Waals surface area contributed by atoms with E-state index in [9.17, 15) is 4.79 Å². The monoisotopic (exact) mass is 289 g/mol. The molecule has 0 aliphatic rings. The van der Waals surface area contributed by atoms with Crippen LogP contribution in [0.3, 0.4) is 0 Å². The summed E-state index contributed by atoms with van der Waals surface area (Å²) < 4.78 is 1.63. The lowest BCUT2D eigenvalue weighted by atomic mass is 10.1. The van der Waals surface area contributed by atoms with Crippen LogP contribution in [0, 0.1) is 11.3 Å². The van der Waals surface area contributed by atoms with Gasteiger partial charge in [-0.3, -0.25) is 4.79 Å². The number of nitrogens with one attached hydrogen (secondary N) is 1. The Hall–Kier alpha value is -3.46. The van der Waals surface area contributed by atoms with Crippen LogP contribution in [0.2, 0.25) is 0 Å². The average Bonchev–Trinajstić information content (AvgIpc) is 3.10. The van der Waals surface area contributed by atoms with E-state index in [1.165, 1.54) is 0 Å². The van der Waals surface area contributed by atoms with Crippen LogP contribution in [0.5, 0.6) is 0 Å². The Morgan fingerprint density at radius 2 is 2.00 bits per heavy atom. The molecule has 6 nitrogen and oxygen atoms in total. The molecular weight excluding hydrogens is 278 g/mol. The molecular formula is C16H11N5O. The first-order valence-corrected chi connectivity index (χ1v) is 6.54. The molecule has 3 rings (SSSR count). The van der Waals surface area contributed by atoms with Crippen molar-refractivity contribution >= 4 is 11.6 Å². The summed E-state index contributed by atoms with van der Waals surface area (Å²) in [6, 6.07) is 13.8. The van der Waals surface area contributed by atoms with Gasteiger partial charge in [0, 0.05) is 18.0 Å². The van der Waals surface area contributed by atoms with Gasteiger partial charge < -0.3 is 5.32 Å². The van der Waals surface area contributed by atoms with Crippen LogP contribution < -0.4 is 5.32 Å². The van der Waals surface area contributed by atoms with Crippen LogP contribution in [0.4, 0.5) is 5.69 Å². The van der Waals surface area contributed by atoms with E-state index in [-0.39, 0.29) is 5.91 Å². The smallest absolute Gasteiger partial charge is 0.255 e. The molecule has 0 atom stereocenters. The quantitative estimate of drug-likeness (QED) is 0.802. The molecule has 1 N–H and O–H groups in total. The van der Waals surface area contributed by atoms with Crippen molar-refractivity contribution in [3.05, 3.63) is 72.2 Å². The van der Waals surface area contributed by atoms with E-state index < -0.39 is 0 Å². The van der Waals surface area contributed by atoms with E-state index >= 15 is 0 Å². The summed E-state index contributed by atoms with van der Waals surface area (Å²) in [6.07, 6.45) is 5.03. The van der Waals surface area contributed by atoms with Gasteiger partial charge in [0.25, 0.3) is 5.91 Å². The second-order valence-electron chi connectivity index (χ2n) is 4.50. The Balaban J connectivity index is 1.72. The highest BCUT2D eigenvalue weighted by atomic mass is 16.1. The van der Waals surface area contributed by atoms with Gasteiger partial charge in [0.15, 0.2) is 5.82 Å². The van der Waals surface area contributed by atoms with E-state index in [0.29, 0.717) is 22.6 Å². The molecule has 1 amide bonds. The van der Waals surface area contributed by atoms with Gasteiger partial charge in [0.2, 0.25) is 0 Å². The lowest BCUT2D eigenvalue weighted by Gasteiger charge is -2.06. The fraction of sp³-hybridized carbons (Fsp3) is 0. The van der Waals surface area contributed by atoms with Crippen LogP contribution >= 0.6 is 0 Å². The maximum Gasteiger partial charge on any atom is 0.255 e. The number of pyridine rings is 1. The Kier molecular flexibility index (Phi) is 3.62. The summed E-state index contributed by atoms with van der Waals surface area (Å²) in [4.78, 5) is 16.3.